The third-order valence-corrected chi connectivity index (χ3v) is 7.37. The topological polar surface area (TPSA) is 49.4 Å². The molecule has 0 saturated heterocycles. The first-order chi connectivity index (χ1) is 13.0. The Kier molecular flexibility index (Phi) is 6.44. The van der Waals surface area contributed by atoms with Crippen molar-refractivity contribution in [3.8, 4) is 0 Å². The van der Waals surface area contributed by atoms with Gasteiger partial charge in [-0.15, -0.1) is 12.4 Å². The van der Waals surface area contributed by atoms with Gasteiger partial charge in [0.25, 0.3) is 0 Å². The van der Waals surface area contributed by atoms with Crippen molar-refractivity contribution in [1.82, 2.24) is 9.62 Å². The molecular formula is C21H26ClFN2O2S. The van der Waals surface area contributed by atoms with Gasteiger partial charge < -0.3 is 0 Å². The third kappa shape index (κ3) is 4.10. The van der Waals surface area contributed by atoms with E-state index in [4.69, 9.17) is 0 Å². The number of hydrogen-bond donors (Lipinski definition) is 1. The molecule has 2 aromatic rings. The molecule has 4 nitrogen and oxygen atoms in total. The van der Waals surface area contributed by atoms with Gasteiger partial charge >= 0.3 is 0 Å². The molecule has 0 fully saturated rings. The second-order valence-corrected chi connectivity index (χ2v) is 9.23. The van der Waals surface area contributed by atoms with Gasteiger partial charge in [-0.3, -0.25) is 4.90 Å². The SMILES string of the molecule is Cc1ccc(F)cc1S(=O)(=O)NCCCN1CCc2cccc3c2C1CC3.Cl. The molecule has 4 rings (SSSR count). The number of sulfonamides is 1. The van der Waals surface area contributed by atoms with Crippen molar-refractivity contribution in [2.75, 3.05) is 19.6 Å². The van der Waals surface area contributed by atoms with E-state index in [9.17, 15) is 12.8 Å². The molecule has 2 aliphatic rings. The van der Waals surface area contributed by atoms with Crippen molar-refractivity contribution in [3.05, 3.63) is 64.5 Å². The molecule has 28 heavy (non-hydrogen) atoms. The molecule has 1 aliphatic carbocycles. The Bertz CT molecular complexity index is 965. The minimum absolute atomic E-state index is 0. The standard InChI is InChI=1S/C21H25FN2O2S.ClH/c1-15-6-8-18(22)14-20(15)27(25,26)23-11-3-12-24-13-10-17-5-2-4-16-7-9-19(24)21(16)17;/h2,4-6,8,14,19,23H,3,7,9-13H2,1H3;1H. The monoisotopic (exact) mass is 424 g/mol. The molecule has 2 aromatic carbocycles. The molecule has 1 aliphatic heterocycles. The summed E-state index contributed by atoms with van der Waals surface area (Å²) in [6.07, 6.45) is 4.09. The summed E-state index contributed by atoms with van der Waals surface area (Å²) in [5.41, 5.74) is 5.02. The lowest BCUT2D eigenvalue weighted by Crippen LogP contribution is -2.36. The Balaban J connectivity index is 0.00000225. The van der Waals surface area contributed by atoms with Gasteiger partial charge in [0.2, 0.25) is 10.0 Å². The first-order valence-corrected chi connectivity index (χ1v) is 11.0. The molecule has 0 spiro atoms. The zero-order valence-corrected chi connectivity index (χ0v) is 17.6. The molecule has 0 radical (unpaired) electrons. The van der Waals surface area contributed by atoms with Gasteiger partial charge in [0.1, 0.15) is 5.82 Å². The summed E-state index contributed by atoms with van der Waals surface area (Å²) in [7, 11) is -3.68. The van der Waals surface area contributed by atoms with Crippen molar-refractivity contribution in [2.45, 2.75) is 43.5 Å². The number of nitrogens with one attached hydrogen (secondary N) is 1. The summed E-state index contributed by atoms with van der Waals surface area (Å²) in [5.74, 6) is -0.537. The van der Waals surface area contributed by atoms with E-state index in [-0.39, 0.29) is 17.3 Å². The quantitative estimate of drug-likeness (QED) is 0.718. The van der Waals surface area contributed by atoms with Crippen molar-refractivity contribution < 1.29 is 12.8 Å². The van der Waals surface area contributed by atoms with Crippen molar-refractivity contribution >= 4 is 22.4 Å². The molecule has 0 aromatic heterocycles. The fraction of sp³-hybridized carbons (Fsp3) is 0.429. The lowest BCUT2D eigenvalue weighted by molar-refractivity contribution is 0.184. The molecule has 1 unspecified atom stereocenters. The van der Waals surface area contributed by atoms with Crippen molar-refractivity contribution in [2.24, 2.45) is 0 Å². The van der Waals surface area contributed by atoms with Crippen LogP contribution in [0.15, 0.2) is 41.3 Å². The highest BCUT2D eigenvalue weighted by Gasteiger charge is 2.32. The van der Waals surface area contributed by atoms with Gasteiger partial charge in [-0.1, -0.05) is 24.3 Å². The summed E-state index contributed by atoms with van der Waals surface area (Å²) >= 11 is 0. The highest BCUT2D eigenvalue weighted by Crippen LogP contribution is 2.41. The largest absolute Gasteiger partial charge is 0.296 e. The van der Waals surface area contributed by atoms with Crippen molar-refractivity contribution in [1.29, 1.82) is 0 Å². The lowest BCUT2D eigenvalue weighted by atomic mass is 9.93. The van der Waals surface area contributed by atoms with Crippen LogP contribution in [0, 0.1) is 12.7 Å². The normalized spacial score (nSPS) is 18.6. The molecule has 0 bridgehead atoms. The summed E-state index contributed by atoms with van der Waals surface area (Å²) in [6, 6.07) is 11.0. The maximum atomic E-state index is 13.4. The Hall–Kier alpha value is -1.47. The van der Waals surface area contributed by atoms with E-state index in [2.05, 4.69) is 27.8 Å². The van der Waals surface area contributed by atoms with Crippen LogP contribution in [-0.4, -0.2) is 33.0 Å². The number of rotatable bonds is 6. The number of benzene rings is 2. The average molecular weight is 425 g/mol. The average Bonchev–Trinajstić information content (AvgIpc) is 3.08. The molecule has 1 atom stereocenters. The fourth-order valence-corrected chi connectivity index (χ4v) is 5.78. The minimum atomic E-state index is -3.68. The number of aryl methyl sites for hydroxylation is 2. The van der Waals surface area contributed by atoms with E-state index >= 15 is 0 Å². The molecule has 0 amide bonds. The van der Waals surface area contributed by atoms with Gasteiger partial charge in [0.15, 0.2) is 0 Å². The van der Waals surface area contributed by atoms with Crippen LogP contribution in [0.1, 0.15) is 41.1 Å². The van der Waals surface area contributed by atoms with Crippen LogP contribution in [0.5, 0.6) is 0 Å². The van der Waals surface area contributed by atoms with E-state index in [1.807, 2.05) is 0 Å². The zero-order valence-electron chi connectivity index (χ0n) is 15.9. The van der Waals surface area contributed by atoms with Gasteiger partial charge in [0.05, 0.1) is 4.90 Å². The summed E-state index contributed by atoms with van der Waals surface area (Å²) in [6.45, 7) is 3.92. The summed E-state index contributed by atoms with van der Waals surface area (Å²) < 4.78 is 41.0. The van der Waals surface area contributed by atoms with Gasteiger partial charge in [-0.2, -0.15) is 0 Å². The Morgan fingerprint density at radius 2 is 1.93 bits per heavy atom. The summed E-state index contributed by atoms with van der Waals surface area (Å²) in [5, 5.41) is 0. The fourth-order valence-electron chi connectivity index (χ4n) is 4.45. The van der Waals surface area contributed by atoms with Crippen LogP contribution in [0.3, 0.4) is 0 Å². The molecule has 0 saturated carbocycles. The van der Waals surface area contributed by atoms with E-state index in [1.54, 1.807) is 6.92 Å². The molecule has 1 N–H and O–H groups in total. The minimum Gasteiger partial charge on any atom is -0.296 e. The third-order valence-electron chi connectivity index (χ3n) is 5.77. The number of hydrogen-bond acceptors (Lipinski definition) is 3. The Labute approximate surface area is 172 Å². The highest BCUT2D eigenvalue weighted by atomic mass is 35.5. The number of nitrogens with zero attached hydrogens (tertiary/aromatic N) is 1. The van der Waals surface area contributed by atoms with Crippen molar-refractivity contribution in [3.63, 3.8) is 0 Å². The Morgan fingerprint density at radius 3 is 2.71 bits per heavy atom. The van der Waals surface area contributed by atoms with Crippen LogP contribution in [0.25, 0.3) is 0 Å². The summed E-state index contributed by atoms with van der Waals surface area (Å²) in [4.78, 5) is 2.51. The molecule has 1 heterocycles. The van der Waals surface area contributed by atoms with Gasteiger partial charge in [-0.05, 0) is 67.0 Å². The zero-order chi connectivity index (χ0) is 19.0. The van der Waals surface area contributed by atoms with Crippen LogP contribution >= 0.6 is 12.4 Å². The lowest BCUT2D eigenvalue weighted by Gasteiger charge is -2.35. The maximum absolute atomic E-state index is 13.4. The maximum Gasteiger partial charge on any atom is 0.240 e. The van der Waals surface area contributed by atoms with Crippen LogP contribution in [-0.2, 0) is 22.9 Å². The first kappa shape index (κ1) is 21.2. The number of halogens is 2. The van der Waals surface area contributed by atoms with E-state index < -0.39 is 15.8 Å². The van der Waals surface area contributed by atoms with Gasteiger partial charge in [0, 0.05) is 25.7 Å². The second kappa shape index (κ2) is 8.49. The van der Waals surface area contributed by atoms with Crippen LogP contribution in [0.2, 0.25) is 0 Å². The van der Waals surface area contributed by atoms with Gasteiger partial charge in [-0.25, -0.2) is 17.5 Å². The highest BCUT2D eigenvalue weighted by molar-refractivity contribution is 7.89. The Morgan fingerprint density at radius 1 is 1.18 bits per heavy atom. The molecule has 7 heteroatoms. The van der Waals surface area contributed by atoms with E-state index in [1.165, 1.54) is 28.8 Å². The molecule has 152 valence electrons. The van der Waals surface area contributed by atoms with E-state index in [0.717, 1.165) is 44.8 Å². The predicted octanol–water partition coefficient (Wildman–Crippen LogP) is 3.77. The van der Waals surface area contributed by atoms with Crippen LogP contribution < -0.4 is 4.72 Å². The second-order valence-electron chi connectivity index (χ2n) is 7.49. The smallest absolute Gasteiger partial charge is 0.240 e. The van der Waals surface area contributed by atoms with E-state index in [0.29, 0.717) is 18.2 Å². The predicted molar refractivity (Wildman–Crippen MR) is 111 cm³/mol. The molecular weight excluding hydrogens is 399 g/mol. The first-order valence-electron chi connectivity index (χ1n) is 9.56. The van der Waals surface area contributed by atoms with Crippen LogP contribution in [0.4, 0.5) is 4.39 Å².